The normalized spacial score (nSPS) is 16.5. The summed E-state index contributed by atoms with van der Waals surface area (Å²) >= 11 is 1.35. The summed E-state index contributed by atoms with van der Waals surface area (Å²) in [4.78, 5) is 24.6. The number of hydrogen-bond donors (Lipinski definition) is 2. The van der Waals surface area contributed by atoms with Crippen molar-refractivity contribution in [3.63, 3.8) is 0 Å². The molecule has 2 N–H and O–H groups in total. The standard InChI is InChI=1S/C15H19F2NO3S/c16-13(17)8-10(15(20)21)18-14(19)12-7-9-5-3-1-2-4-6-11(9)22-12/h7,10,13H,1-6,8H2,(H,18,19)(H,20,21). The third-order valence-corrected chi connectivity index (χ3v) is 4.97. The van der Waals surface area contributed by atoms with E-state index in [-0.39, 0.29) is 0 Å². The SMILES string of the molecule is O=C(NC(CC(F)F)C(=O)O)c1cc2c(s1)CCCCCC2. The molecule has 22 heavy (non-hydrogen) atoms. The van der Waals surface area contributed by atoms with Crippen molar-refractivity contribution in [3.8, 4) is 0 Å². The van der Waals surface area contributed by atoms with Crippen LogP contribution in [0.4, 0.5) is 8.78 Å². The second-order valence-electron chi connectivity index (χ2n) is 5.46. The van der Waals surface area contributed by atoms with Gasteiger partial charge in [-0.05, 0) is 37.3 Å². The highest BCUT2D eigenvalue weighted by molar-refractivity contribution is 7.14. The Morgan fingerprint density at radius 2 is 1.91 bits per heavy atom. The number of carboxylic acid groups (broad SMARTS) is 1. The smallest absolute Gasteiger partial charge is 0.326 e. The first-order valence-corrected chi connectivity index (χ1v) is 8.22. The van der Waals surface area contributed by atoms with E-state index in [0.717, 1.165) is 36.1 Å². The number of fused-ring (bicyclic) bond motifs is 1. The molecule has 1 aromatic heterocycles. The van der Waals surface area contributed by atoms with Gasteiger partial charge in [0.15, 0.2) is 0 Å². The zero-order valence-corrected chi connectivity index (χ0v) is 12.9. The highest BCUT2D eigenvalue weighted by Crippen LogP contribution is 2.28. The van der Waals surface area contributed by atoms with Crippen LogP contribution in [0.3, 0.4) is 0 Å². The van der Waals surface area contributed by atoms with Gasteiger partial charge in [-0.15, -0.1) is 11.3 Å². The molecule has 1 unspecified atom stereocenters. The monoisotopic (exact) mass is 331 g/mol. The van der Waals surface area contributed by atoms with Gasteiger partial charge in [-0.3, -0.25) is 4.79 Å². The second-order valence-corrected chi connectivity index (χ2v) is 6.60. The summed E-state index contributed by atoms with van der Waals surface area (Å²) in [6.45, 7) is 0. The highest BCUT2D eigenvalue weighted by Gasteiger charge is 2.25. The van der Waals surface area contributed by atoms with E-state index in [1.54, 1.807) is 6.07 Å². The summed E-state index contributed by atoms with van der Waals surface area (Å²) in [5.74, 6) is -2.02. The molecule has 0 aliphatic heterocycles. The molecule has 0 saturated heterocycles. The third kappa shape index (κ3) is 4.50. The number of thiophene rings is 1. The summed E-state index contributed by atoms with van der Waals surface area (Å²) in [6, 6.07) is 0.222. The Bertz CT molecular complexity index is 519. The van der Waals surface area contributed by atoms with E-state index in [0.29, 0.717) is 4.88 Å². The summed E-state index contributed by atoms with van der Waals surface area (Å²) in [6.07, 6.45) is 2.69. The first-order chi connectivity index (χ1) is 10.5. The van der Waals surface area contributed by atoms with Crippen molar-refractivity contribution in [1.29, 1.82) is 0 Å². The van der Waals surface area contributed by atoms with Crippen LogP contribution in [0.2, 0.25) is 0 Å². The molecule has 0 saturated carbocycles. The van der Waals surface area contributed by atoms with Gasteiger partial charge >= 0.3 is 5.97 Å². The number of aliphatic carboxylic acids is 1. The maximum absolute atomic E-state index is 12.4. The molecule has 1 amide bonds. The molecule has 0 radical (unpaired) electrons. The lowest BCUT2D eigenvalue weighted by Crippen LogP contribution is -2.41. The number of aryl methyl sites for hydroxylation is 2. The van der Waals surface area contributed by atoms with E-state index >= 15 is 0 Å². The number of carboxylic acids is 1. The van der Waals surface area contributed by atoms with Crippen LogP contribution in [0.15, 0.2) is 6.07 Å². The van der Waals surface area contributed by atoms with Crippen molar-refractivity contribution in [3.05, 3.63) is 21.4 Å². The Morgan fingerprint density at radius 1 is 1.23 bits per heavy atom. The molecule has 1 aliphatic carbocycles. The van der Waals surface area contributed by atoms with Crippen LogP contribution in [0.25, 0.3) is 0 Å². The number of amides is 1. The fourth-order valence-corrected chi connectivity index (χ4v) is 3.74. The molecular formula is C15H19F2NO3S. The van der Waals surface area contributed by atoms with Crippen molar-refractivity contribution in [2.24, 2.45) is 0 Å². The average molecular weight is 331 g/mol. The fourth-order valence-electron chi connectivity index (χ4n) is 2.59. The van der Waals surface area contributed by atoms with Gasteiger partial charge in [0.2, 0.25) is 6.43 Å². The predicted octanol–water partition coefficient (Wildman–Crippen LogP) is 3.25. The number of alkyl halides is 2. The van der Waals surface area contributed by atoms with Crippen molar-refractivity contribution in [1.82, 2.24) is 5.32 Å². The Kier molecular flexibility index (Phi) is 5.88. The number of hydrogen-bond acceptors (Lipinski definition) is 3. The van der Waals surface area contributed by atoms with Crippen molar-refractivity contribution in [2.45, 2.75) is 57.4 Å². The minimum atomic E-state index is -2.77. The van der Waals surface area contributed by atoms with E-state index in [2.05, 4.69) is 5.32 Å². The molecule has 1 atom stereocenters. The first-order valence-electron chi connectivity index (χ1n) is 7.40. The zero-order valence-electron chi connectivity index (χ0n) is 12.1. The van der Waals surface area contributed by atoms with Gasteiger partial charge in [0.05, 0.1) is 4.88 Å². The molecule has 4 nitrogen and oxygen atoms in total. The number of carbonyl (C=O) groups is 2. The predicted molar refractivity (Wildman–Crippen MR) is 79.7 cm³/mol. The first kappa shape index (κ1) is 16.9. The van der Waals surface area contributed by atoms with Crippen LogP contribution in [0, 0.1) is 0 Å². The zero-order chi connectivity index (χ0) is 16.1. The summed E-state index contributed by atoms with van der Waals surface area (Å²) in [7, 11) is 0. The van der Waals surface area contributed by atoms with E-state index in [1.807, 2.05) is 0 Å². The molecular weight excluding hydrogens is 312 g/mol. The molecule has 0 aromatic carbocycles. The van der Waals surface area contributed by atoms with Gasteiger partial charge in [0.1, 0.15) is 6.04 Å². The molecule has 0 bridgehead atoms. The van der Waals surface area contributed by atoms with Crippen LogP contribution < -0.4 is 5.32 Å². The molecule has 2 rings (SSSR count). The van der Waals surface area contributed by atoms with E-state index in [1.165, 1.54) is 24.2 Å². The highest BCUT2D eigenvalue weighted by atomic mass is 32.1. The van der Waals surface area contributed by atoms with Crippen LogP contribution in [0.1, 0.15) is 52.2 Å². The van der Waals surface area contributed by atoms with E-state index < -0.39 is 30.8 Å². The van der Waals surface area contributed by atoms with Gasteiger partial charge < -0.3 is 10.4 Å². The molecule has 122 valence electrons. The Labute approximate surface area is 131 Å². The number of rotatable bonds is 5. The summed E-state index contributed by atoms with van der Waals surface area (Å²) < 4.78 is 24.7. The van der Waals surface area contributed by atoms with Gasteiger partial charge in [-0.25, -0.2) is 13.6 Å². The van der Waals surface area contributed by atoms with Crippen molar-refractivity contribution >= 4 is 23.2 Å². The lowest BCUT2D eigenvalue weighted by Gasteiger charge is -2.13. The van der Waals surface area contributed by atoms with Gasteiger partial charge in [-0.1, -0.05) is 12.8 Å². The topological polar surface area (TPSA) is 66.4 Å². The van der Waals surface area contributed by atoms with Crippen LogP contribution >= 0.6 is 11.3 Å². The minimum absolute atomic E-state index is 0.410. The Balaban J connectivity index is 2.08. The number of carbonyl (C=O) groups excluding carboxylic acids is 1. The van der Waals surface area contributed by atoms with Crippen molar-refractivity contribution in [2.75, 3.05) is 0 Å². The molecule has 0 fully saturated rings. The van der Waals surface area contributed by atoms with Gasteiger partial charge in [0.25, 0.3) is 5.91 Å². The molecule has 7 heteroatoms. The number of halogens is 2. The maximum Gasteiger partial charge on any atom is 0.326 e. The molecule has 0 spiro atoms. The molecule has 1 aliphatic rings. The quantitative estimate of drug-likeness (QED) is 0.870. The minimum Gasteiger partial charge on any atom is -0.480 e. The lowest BCUT2D eigenvalue weighted by molar-refractivity contribution is -0.140. The largest absolute Gasteiger partial charge is 0.480 e. The lowest BCUT2D eigenvalue weighted by atomic mass is 10.00. The van der Waals surface area contributed by atoms with E-state index in [9.17, 15) is 18.4 Å². The Hall–Kier alpha value is -1.50. The molecule has 1 aromatic rings. The second kappa shape index (κ2) is 7.67. The maximum atomic E-state index is 12.4. The summed E-state index contributed by atoms with van der Waals surface area (Å²) in [5.41, 5.74) is 1.13. The molecule has 1 heterocycles. The van der Waals surface area contributed by atoms with Crippen LogP contribution in [-0.2, 0) is 17.6 Å². The van der Waals surface area contributed by atoms with E-state index in [4.69, 9.17) is 5.11 Å². The van der Waals surface area contributed by atoms with Crippen LogP contribution in [-0.4, -0.2) is 29.5 Å². The Morgan fingerprint density at radius 3 is 2.55 bits per heavy atom. The average Bonchev–Trinajstić information content (AvgIpc) is 2.79. The van der Waals surface area contributed by atoms with Gasteiger partial charge in [-0.2, -0.15) is 0 Å². The van der Waals surface area contributed by atoms with Crippen LogP contribution in [0.5, 0.6) is 0 Å². The summed E-state index contributed by atoms with van der Waals surface area (Å²) in [5, 5.41) is 11.1. The van der Waals surface area contributed by atoms with Gasteiger partial charge in [0, 0.05) is 11.3 Å². The fraction of sp³-hybridized carbons (Fsp3) is 0.600. The number of nitrogens with one attached hydrogen (secondary N) is 1. The van der Waals surface area contributed by atoms with Crippen molar-refractivity contribution < 1.29 is 23.5 Å². The third-order valence-electron chi connectivity index (χ3n) is 3.74.